The second kappa shape index (κ2) is 12.1. The number of nitrogens with zero attached hydrogens (tertiary/aromatic N) is 5. The number of para-hydroxylation sites is 1. The Kier molecular flexibility index (Phi) is 8.56. The summed E-state index contributed by atoms with van der Waals surface area (Å²) < 4.78 is 17.9. The first-order valence-electron chi connectivity index (χ1n) is 11.9. The highest BCUT2D eigenvalue weighted by atomic mass is 35.5. The summed E-state index contributed by atoms with van der Waals surface area (Å²) >= 11 is 12.8. The highest BCUT2D eigenvalue weighted by Gasteiger charge is 2.22. The van der Waals surface area contributed by atoms with Crippen LogP contribution in [0.25, 0.3) is 5.69 Å². The van der Waals surface area contributed by atoms with E-state index in [1.165, 1.54) is 25.1 Å². The lowest BCUT2D eigenvalue weighted by atomic mass is 10.1. The molecule has 0 saturated heterocycles. The fraction of sp³-hybridized carbons (Fsp3) is 0.192. The molecule has 0 aliphatic heterocycles. The SMILES string of the molecule is CC(C)c1cc(Oc2c(Cl)cc(-n3nc(C#N)c(=O)[nH]c3=O)cc2Cl)nn(C(C)OC(=O)Oc2ccccc2)c1=O. The Bertz CT molecular complexity index is 1820. The lowest BCUT2D eigenvalue weighted by molar-refractivity contribution is 0.0240. The van der Waals surface area contributed by atoms with Crippen LogP contribution in [0.1, 0.15) is 44.2 Å². The van der Waals surface area contributed by atoms with Crippen LogP contribution in [-0.2, 0) is 4.74 Å². The molecule has 2 heterocycles. The van der Waals surface area contributed by atoms with Crippen LogP contribution in [0, 0.1) is 11.3 Å². The molecule has 0 radical (unpaired) electrons. The van der Waals surface area contributed by atoms with Crippen molar-refractivity contribution < 1.29 is 19.0 Å². The molecule has 0 amide bonds. The van der Waals surface area contributed by atoms with Crippen LogP contribution < -0.4 is 26.3 Å². The number of ether oxygens (including phenoxy) is 3. The lowest BCUT2D eigenvalue weighted by Crippen LogP contribution is -2.33. The van der Waals surface area contributed by atoms with Crippen molar-refractivity contribution in [2.75, 3.05) is 0 Å². The second-order valence-corrected chi connectivity index (χ2v) is 9.51. The summed E-state index contributed by atoms with van der Waals surface area (Å²) in [5.74, 6) is -0.216. The monoisotopic (exact) mass is 598 g/mol. The van der Waals surface area contributed by atoms with E-state index in [2.05, 4.69) is 10.2 Å². The average molecular weight is 599 g/mol. The van der Waals surface area contributed by atoms with Gasteiger partial charge in [0.05, 0.1) is 15.7 Å². The topological polar surface area (TPSA) is 171 Å². The highest BCUT2D eigenvalue weighted by molar-refractivity contribution is 6.37. The smallest absolute Gasteiger partial charge is 0.434 e. The van der Waals surface area contributed by atoms with Gasteiger partial charge in [-0.3, -0.25) is 14.6 Å². The zero-order chi connectivity index (χ0) is 29.8. The summed E-state index contributed by atoms with van der Waals surface area (Å²) in [6, 6.07) is 13.7. The fourth-order valence-electron chi connectivity index (χ4n) is 3.53. The van der Waals surface area contributed by atoms with Gasteiger partial charge in [-0.15, -0.1) is 10.2 Å². The van der Waals surface area contributed by atoms with E-state index in [0.717, 1.165) is 9.36 Å². The largest absolute Gasteiger partial charge is 0.515 e. The third kappa shape index (κ3) is 6.46. The zero-order valence-corrected chi connectivity index (χ0v) is 23.1. The minimum atomic E-state index is -1.19. The molecule has 1 unspecified atom stereocenters. The number of nitrogens with one attached hydrogen (secondary N) is 1. The van der Waals surface area contributed by atoms with Gasteiger partial charge in [-0.25, -0.2) is 9.59 Å². The van der Waals surface area contributed by atoms with Crippen molar-refractivity contribution in [1.29, 1.82) is 5.26 Å². The molecule has 0 saturated carbocycles. The predicted octanol–water partition coefficient (Wildman–Crippen LogP) is 4.31. The normalized spacial score (nSPS) is 11.5. The minimum absolute atomic E-state index is 0.0323. The molecule has 210 valence electrons. The number of carbonyl (C=O) groups is 1. The Morgan fingerprint density at radius 1 is 1.02 bits per heavy atom. The van der Waals surface area contributed by atoms with Gasteiger partial charge in [-0.1, -0.05) is 55.2 Å². The van der Waals surface area contributed by atoms with E-state index in [0.29, 0.717) is 5.56 Å². The van der Waals surface area contributed by atoms with Crippen LogP contribution in [-0.4, -0.2) is 30.7 Å². The molecule has 0 bridgehead atoms. The van der Waals surface area contributed by atoms with Gasteiger partial charge in [-0.05, 0) is 37.1 Å². The molecular weight excluding hydrogens is 579 g/mol. The number of benzene rings is 2. The third-order valence-electron chi connectivity index (χ3n) is 5.49. The molecule has 2 aromatic carbocycles. The zero-order valence-electron chi connectivity index (χ0n) is 21.6. The number of hydrogen-bond donors (Lipinski definition) is 1. The van der Waals surface area contributed by atoms with Gasteiger partial charge in [0.2, 0.25) is 11.6 Å². The summed E-state index contributed by atoms with van der Waals surface area (Å²) in [6.45, 7) is 4.98. The summed E-state index contributed by atoms with van der Waals surface area (Å²) in [5, 5.41) is 16.8. The summed E-state index contributed by atoms with van der Waals surface area (Å²) in [5.41, 5.74) is -2.63. The molecule has 4 rings (SSSR count). The van der Waals surface area contributed by atoms with Crippen LogP contribution >= 0.6 is 23.2 Å². The highest BCUT2D eigenvalue weighted by Crippen LogP contribution is 2.38. The Hall–Kier alpha value is -4.93. The van der Waals surface area contributed by atoms with Gasteiger partial charge in [-0.2, -0.15) is 14.6 Å². The molecule has 41 heavy (non-hydrogen) atoms. The molecule has 0 aliphatic carbocycles. The van der Waals surface area contributed by atoms with Crippen molar-refractivity contribution in [3.05, 3.63) is 101 Å². The number of H-pyrrole nitrogens is 1. The molecule has 15 heteroatoms. The van der Waals surface area contributed by atoms with Crippen molar-refractivity contribution >= 4 is 29.4 Å². The van der Waals surface area contributed by atoms with Gasteiger partial charge in [0, 0.05) is 11.6 Å². The van der Waals surface area contributed by atoms with Crippen LogP contribution in [0.15, 0.2) is 62.9 Å². The Labute approximate surface area is 241 Å². The van der Waals surface area contributed by atoms with Crippen LogP contribution in [0.2, 0.25) is 10.0 Å². The van der Waals surface area contributed by atoms with Gasteiger partial charge in [0.25, 0.3) is 11.1 Å². The number of rotatable bonds is 7. The first-order chi connectivity index (χ1) is 19.5. The van der Waals surface area contributed by atoms with Gasteiger partial charge >= 0.3 is 11.8 Å². The van der Waals surface area contributed by atoms with E-state index < -0.39 is 34.9 Å². The van der Waals surface area contributed by atoms with Crippen molar-refractivity contribution in [2.24, 2.45) is 0 Å². The molecule has 1 N–H and O–H groups in total. The molecule has 0 spiro atoms. The van der Waals surface area contributed by atoms with E-state index in [9.17, 15) is 19.2 Å². The first kappa shape index (κ1) is 29.1. The Morgan fingerprint density at radius 3 is 2.29 bits per heavy atom. The van der Waals surface area contributed by atoms with E-state index in [-0.39, 0.29) is 39.0 Å². The number of carbonyl (C=O) groups excluding carboxylic acids is 1. The fourth-order valence-corrected chi connectivity index (χ4v) is 4.09. The lowest BCUT2D eigenvalue weighted by Gasteiger charge is -2.18. The van der Waals surface area contributed by atoms with Crippen LogP contribution in [0.4, 0.5) is 4.79 Å². The minimum Gasteiger partial charge on any atom is -0.434 e. The van der Waals surface area contributed by atoms with E-state index in [1.54, 1.807) is 50.2 Å². The molecule has 2 aromatic heterocycles. The van der Waals surface area contributed by atoms with Crippen molar-refractivity contribution in [3.8, 4) is 29.1 Å². The number of hydrogen-bond acceptors (Lipinski definition) is 10. The van der Waals surface area contributed by atoms with E-state index in [4.69, 9.17) is 42.7 Å². The molecule has 0 aliphatic rings. The quantitative estimate of drug-likeness (QED) is 0.238. The number of halogens is 2. The standard InChI is InChI=1S/C26H20Cl2N6O7/c1-13(2)17-11-21(32-33(24(17)36)14(3)39-26(38)40-16-7-5-4-6-8-16)41-22-18(27)9-15(10-19(22)28)34-25(37)30-23(35)20(12-29)31-34/h4-11,13-14H,1-3H3,(H,30,35,37). The van der Waals surface area contributed by atoms with Gasteiger partial charge in [0.1, 0.15) is 11.8 Å². The maximum Gasteiger partial charge on any atom is 0.515 e. The Morgan fingerprint density at radius 2 is 1.68 bits per heavy atom. The number of nitriles is 1. The van der Waals surface area contributed by atoms with Gasteiger partial charge < -0.3 is 14.2 Å². The van der Waals surface area contributed by atoms with Crippen molar-refractivity contribution in [1.82, 2.24) is 24.5 Å². The molecule has 0 fully saturated rings. The predicted molar refractivity (Wildman–Crippen MR) is 146 cm³/mol. The second-order valence-electron chi connectivity index (χ2n) is 8.70. The average Bonchev–Trinajstić information content (AvgIpc) is 2.91. The molecule has 1 atom stereocenters. The molecule has 4 aromatic rings. The molecule has 13 nitrogen and oxygen atoms in total. The molecular formula is C26H20Cl2N6O7. The van der Waals surface area contributed by atoms with Crippen molar-refractivity contribution in [2.45, 2.75) is 32.9 Å². The van der Waals surface area contributed by atoms with Gasteiger partial charge in [0.15, 0.2) is 12.0 Å². The summed E-state index contributed by atoms with van der Waals surface area (Å²) in [7, 11) is 0. The van der Waals surface area contributed by atoms with E-state index >= 15 is 0 Å². The van der Waals surface area contributed by atoms with Crippen molar-refractivity contribution in [3.63, 3.8) is 0 Å². The van der Waals surface area contributed by atoms with E-state index in [1.807, 2.05) is 4.98 Å². The number of aromatic nitrogens is 5. The third-order valence-corrected chi connectivity index (χ3v) is 6.05. The summed E-state index contributed by atoms with van der Waals surface area (Å²) in [6.07, 6.45) is -2.25. The maximum absolute atomic E-state index is 13.1. The van der Waals surface area contributed by atoms with Crippen LogP contribution in [0.5, 0.6) is 17.4 Å². The summed E-state index contributed by atoms with van der Waals surface area (Å²) in [4.78, 5) is 51.3. The van der Waals surface area contributed by atoms with Crippen LogP contribution in [0.3, 0.4) is 0 Å². The first-order valence-corrected chi connectivity index (χ1v) is 12.6. The maximum atomic E-state index is 13.1. The Balaban J connectivity index is 1.67. The number of aromatic amines is 1.